The first-order chi connectivity index (χ1) is 19.3. The van der Waals surface area contributed by atoms with E-state index in [0.717, 1.165) is 16.7 Å². The second kappa shape index (κ2) is 13.1. The molecule has 3 aromatic carbocycles. The van der Waals surface area contributed by atoms with E-state index in [1.165, 1.54) is 6.21 Å². The van der Waals surface area contributed by atoms with Crippen LogP contribution in [-0.4, -0.2) is 43.9 Å². The van der Waals surface area contributed by atoms with Gasteiger partial charge in [0.25, 0.3) is 5.91 Å². The number of rotatable bonds is 10. The van der Waals surface area contributed by atoms with Gasteiger partial charge < -0.3 is 29.6 Å². The van der Waals surface area contributed by atoms with Crippen molar-refractivity contribution in [2.45, 2.75) is 27.3 Å². The highest BCUT2D eigenvalue weighted by atomic mass is 16.7. The Morgan fingerprint density at radius 3 is 2.52 bits per heavy atom. The molecule has 3 N–H and O–H groups in total. The van der Waals surface area contributed by atoms with E-state index in [2.05, 4.69) is 21.2 Å². The first-order valence-electron chi connectivity index (χ1n) is 12.6. The first-order valence-corrected chi connectivity index (χ1v) is 12.6. The molecule has 0 saturated heterocycles. The van der Waals surface area contributed by atoms with Crippen molar-refractivity contribution >= 4 is 29.6 Å². The number of ether oxygens (including phenoxy) is 4. The number of hydrogen-bond acceptors (Lipinski definition) is 8. The third-order valence-corrected chi connectivity index (χ3v) is 5.89. The molecule has 11 heteroatoms. The predicted octanol–water partition coefficient (Wildman–Crippen LogP) is 3.21. The number of benzene rings is 3. The van der Waals surface area contributed by atoms with Crippen LogP contribution in [0.15, 0.2) is 59.7 Å². The van der Waals surface area contributed by atoms with Crippen LogP contribution in [0.1, 0.15) is 29.2 Å². The molecule has 1 heterocycles. The smallest absolute Gasteiger partial charge is 0.329 e. The Morgan fingerprint density at radius 2 is 1.73 bits per heavy atom. The molecular weight excluding hydrogens is 516 g/mol. The van der Waals surface area contributed by atoms with E-state index in [-0.39, 0.29) is 25.9 Å². The highest BCUT2D eigenvalue weighted by Gasteiger charge is 2.16. The van der Waals surface area contributed by atoms with Crippen LogP contribution < -0.4 is 35.0 Å². The summed E-state index contributed by atoms with van der Waals surface area (Å²) < 4.78 is 21.9. The molecule has 1 aliphatic heterocycles. The molecule has 11 nitrogen and oxygen atoms in total. The second-order valence-corrected chi connectivity index (χ2v) is 8.84. The van der Waals surface area contributed by atoms with Crippen molar-refractivity contribution in [3.05, 3.63) is 76.9 Å². The van der Waals surface area contributed by atoms with Crippen LogP contribution in [-0.2, 0) is 20.9 Å². The summed E-state index contributed by atoms with van der Waals surface area (Å²) in [6.07, 6.45) is 1.36. The summed E-state index contributed by atoms with van der Waals surface area (Å²) in [5, 5.41) is 9.18. The Labute approximate surface area is 231 Å². The van der Waals surface area contributed by atoms with Gasteiger partial charge in [0.1, 0.15) is 0 Å². The fourth-order valence-electron chi connectivity index (χ4n) is 3.68. The summed E-state index contributed by atoms with van der Waals surface area (Å²) in [5.74, 6) is -0.0724. The summed E-state index contributed by atoms with van der Waals surface area (Å²) in [6.45, 7) is 6.24. The van der Waals surface area contributed by atoms with Gasteiger partial charge in [0.15, 0.2) is 29.6 Å². The van der Waals surface area contributed by atoms with Gasteiger partial charge in [-0.15, -0.1) is 0 Å². The number of carbonyl (C=O) groups is 3. The number of hydrazone groups is 1. The van der Waals surface area contributed by atoms with Crippen LogP contribution in [0.2, 0.25) is 0 Å². The highest BCUT2D eigenvalue weighted by Crippen LogP contribution is 2.32. The first kappa shape index (κ1) is 28.0. The number of fused-ring (bicyclic) bond motifs is 1. The zero-order valence-electron chi connectivity index (χ0n) is 22.4. The van der Waals surface area contributed by atoms with Gasteiger partial charge in [-0.3, -0.25) is 14.4 Å². The largest absolute Gasteiger partial charge is 0.490 e. The van der Waals surface area contributed by atoms with Crippen molar-refractivity contribution < 1.29 is 33.3 Å². The van der Waals surface area contributed by atoms with Crippen LogP contribution in [0.25, 0.3) is 0 Å². The molecule has 0 fully saturated rings. The number of hydrogen-bond donors (Lipinski definition) is 3. The van der Waals surface area contributed by atoms with E-state index < -0.39 is 11.8 Å². The molecule has 3 aromatic rings. The van der Waals surface area contributed by atoms with E-state index in [4.69, 9.17) is 18.9 Å². The van der Waals surface area contributed by atoms with Gasteiger partial charge in [-0.1, -0.05) is 12.1 Å². The maximum atomic E-state index is 12.4. The van der Waals surface area contributed by atoms with Gasteiger partial charge in [0, 0.05) is 12.2 Å². The van der Waals surface area contributed by atoms with E-state index in [0.29, 0.717) is 40.9 Å². The van der Waals surface area contributed by atoms with Crippen molar-refractivity contribution in [1.82, 2.24) is 10.7 Å². The molecule has 0 saturated carbocycles. The minimum absolute atomic E-state index is 0.133. The zero-order chi connectivity index (χ0) is 28.5. The highest BCUT2D eigenvalue weighted by molar-refractivity contribution is 6.35. The number of aryl methyl sites for hydroxylation is 2. The lowest BCUT2D eigenvalue weighted by Gasteiger charge is -2.13. The number of carbonyl (C=O) groups excluding carboxylic acids is 3. The molecule has 0 spiro atoms. The van der Waals surface area contributed by atoms with Gasteiger partial charge in [0.05, 0.1) is 12.8 Å². The van der Waals surface area contributed by atoms with Crippen LogP contribution in [0, 0.1) is 13.8 Å². The normalized spacial score (nSPS) is 11.7. The second-order valence-electron chi connectivity index (χ2n) is 8.84. The van der Waals surface area contributed by atoms with Crippen LogP contribution in [0.5, 0.6) is 23.0 Å². The van der Waals surface area contributed by atoms with Crippen molar-refractivity contribution in [3.63, 3.8) is 0 Å². The third-order valence-electron chi connectivity index (χ3n) is 5.89. The molecule has 208 valence electrons. The SMILES string of the molecule is CCOc1cc(/C=N\NC(=O)C(=O)NCc2ccc3c(c2)OCO3)ccc1OCC(=O)Nc1ccc(C)c(C)c1. The van der Waals surface area contributed by atoms with Crippen molar-refractivity contribution in [2.75, 3.05) is 25.3 Å². The lowest BCUT2D eigenvalue weighted by molar-refractivity contribution is -0.139. The minimum Gasteiger partial charge on any atom is -0.490 e. The summed E-state index contributed by atoms with van der Waals surface area (Å²) in [6, 6.07) is 15.9. The lowest BCUT2D eigenvalue weighted by atomic mass is 10.1. The van der Waals surface area contributed by atoms with Crippen LogP contribution >= 0.6 is 0 Å². The van der Waals surface area contributed by atoms with E-state index in [9.17, 15) is 14.4 Å². The number of amides is 3. The fourth-order valence-corrected chi connectivity index (χ4v) is 3.68. The Morgan fingerprint density at radius 1 is 0.900 bits per heavy atom. The standard InChI is InChI=1S/C29H30N4O7/c1-4-37-25-13-21(7-9-23(25)38-16-27(34)32-22-8-5-18(2)19(3)11-22)15-31-33-29(36)28(35)30-14-20-6-10-24-26(12-20)40-17-39-24/h5-13,15H,4,14,16-17H2,1-3H3,(H,30,35)(H,32,34)(H,33,36)/b31-15-. The van der Waals surface area contributed by atoms with Gasteiger partial charge in [0.2, 0.25) is 6.79 Å². The Bertz CT molecular complexity index is 1440. The van der Waals surface area contributed by atoms with E-state index >= 15 is 0 Å². The monoisotopic (exact) mass is 546 g/mol. The van der Waals surface area contributed by atoms with Crippen LogP contribution in [0.3, 0.4) is 0 Å². The third kappa shape index (κ3) is 7.50. The van der Waals surface area contributed by atoms with E-state index in [1.54, 1.807) is 36.4 Å². The molecule has 4 rings (SSSR count). The van der Waals surface area contributed by atoms with E-state index in [1.807, 2.05) is 39.0 Å². The quantitative estimate of drug-likeness (QED) is 0.202. The predicted molar refractivity (Wildman–Crippen MR) is 148 cm³/mol. The van der Waals surface area contributed by atoms with Gasteiger partial charge in [-0.05, 0) is 85.5 Å². The Balaban J connectivity index is 1.27. The van der Waals surface area contributed by atoms with Crippen molar-refractivity contribution in [2.24, 2.45) is 5.10 Å². The fraction of sp³-hybridized carbons (Fsp3) is 0.241. The molecule has 0 radical (unpaired) electrons. The number of anilines is 1. The van der Waals surface area contributed by atoms with Gasteiger partial charge >= 0.3 is 11.8 Å². The molecule has 0 bridgehead atoms. The zero-order valence-corrected chi connectivity index (χ0v) is 22.4. The molecule has 3 amide bonds. The lowest BCUT2D eigenvalue weighted by Crippen LogP contribution is -2.37. The maximum Gasteiger partial charge on any atom is 0.329 e. The summed E-state index contributed by atoms with van der Waals surface area (Å²) in [4.78, 5) is 36.6. The Hall–Kier alpha value is -5.06. The summed E-state index contributed by atoms with van der Waals surface area (Å²) in [7, 11) is 0. The van der Waals surface area contributed by atoms with Crippen molar-refractivity contribution in [3.8, 4) is 23.0 Å². The molecular formula is C29H30N4O7. The summed E-state index contributed by atoms with van der Waals surface area (Å²) in [5.41, 5.74) is 6.43. The molecule has 0 aromatic heterocycles. The average Bonchev–Trinajstić information content (AvgIpc) is 3.41. The molecule has 0 unspecified atom stereocenters. The van der Waals surface area contributed by atoms with Crippen molar-refractivity contribution in [1.29, 1.82) is 0 Å². The van der Waals surface area contributed by atoms with Crippen LogP contribution in [0.4, 0.5) is 5.69 Å². The molecule has 0 atom stereocenters. The van der Waals surface area contributed by atoms with Gasteiger partial charge in [-0.2, -0.15) is 5.10 Å². The molecule has 1 aliphatic rings. The average molecular weight is 547 g/mol. The number of nitrogens with zero attached hydrogens (tertiary/aromatic N) is 1. The topological polar surface area (TPSA) is 137 Å². The molecule has 0 aliphatic carbocycles. The maximum absolute atomic E-state index is 12.4. The van der Waals surface area contributed by atoms with Gasteiger partial charge in [-0.25, -0.2) is 5.43 Å². The summed E-state index contributed by atoms with van der Waals surface area (Å²) >= 11 is 0. The number of nitrogens with one attached hydrogen (secondary N) is 3. The molecule has 40 heavy (non-hydrogen) atoms. The Kier molecular flexibility index (Phi) is 9.19. The minimum atomic E-state index is -0.920.